The fourth-order valence-electron chi connectivity index (χ4n) is 2.34. The van der Waals surface area contributed by atoms with Crippen LogP contribution in [0.4, 0.5) is 14.6 Å². The van der Waals surface area contributed by atoms with Gasteiger partial charge in [0.25, 0.3) is 0 Å². The second-order valence-electron chi connectivity index (χ2n) is 4.71. The maximum absolute atomic E-state index is 14.0. The first-order valence-corrected chi connectivity index (χ1v) is 7.43. The van der Waals surface area contributed by atoms with E-state index in [0.29, 0.717) is 5.82 Å². The lowest BCUT2D eigenvalue weighted by Gasteiger charge is -2.25. The lowest BCUT2D eigenvalue weighted by atomic mass is 10.1. The van der Waals surface area contributed by atoms with Gasteiger partial charge in [0.15, 0.2) is 0 Å². The van der Waals surface area contributed by atoms with Crippen molar-refractivity contribution in [2.24, 2.45) is 0 Å². The van der Waals surface area contributed by atoms with E-state index in [-0.39, 0.29) is 17.2 Å². The van der Waals surface area contributed by atoms with Crippen LogP contribution in [0.2, 0.25) is 0 Å². The van der Waals surface area contributed by atoms with Gasteiger partial charge in [-0.15, -0.1) is 11.8 Å². The van der Waals surface area contributed by atoms with Crippen molar-refractivity contribution < 1.29 is 13.6 Å². The number of hydrogen-bond donors (Lipinski definition) is 0. The molecule has 1 unspecified atom stereocenters. The zero-order chi connectivity index (χ0) is 15.0. The molecule has 0 spiro atoms. The molecule has 1 saturated heterocycles. The van der Waals surface area contributed by atoms with Crippen LogP contribution in [0.5, 0.6) is 0 Å². The van der Waals surface area contributed by atoms with Gasteiger partial charge in [0.2, 0.25) is 5.91 Å². The van der Waals surface area contributed by atoms with Gasteiger partial charge in [-0.2, -0.15) is 0 Å². The van der Waals surface area contributed by atoms with Gasteiger partial charge in [-0.1, -0.05) is 12.1 Å². The molecule has 1 aromatic heterocycles. The average Bonchev–Trinajstić information content (AvgIpc) is 2.81. The van der Waals surface area contributed by atoms with Crippen LogP contribution in [0.25, 0.3) is 0 Å². The van der Waals surface area contributed by atoms with E-state index in [9.17, 15) is 13.6 Å². The molecule has 1 aliphatic rings. The summed E-state index contributed by atoms with van der Waals surface area (Å²) in [6.07, 6.45) is 1.56. The van der Waals surface area contributed by atoms with Gasteiger partial charge in [-0.3, -0.25) is 9.69 Å². The number of aryl methyl sites for hydroxylation is 1. The third-order valence-electron chi connectivity index (χ3n) is 3.32. The number of amides is 1. The molecule has 0 bridgehead atoms. The van der Waals surface area contributed by atoms with Crippen LogP contribution in [0.3, 0.4) is 0 Å². The van der Waals surface area contributed by atoms with Crippen LogP contribution in [0, 0.1) is 18.6 Å². The number of hydrogen-bond acceptors (Lipinski definition) is 3. The first kappa shape index (κ1) is 14.0. The molecule has 1 fully saturated rings. The minimum atomic E-state index is -0.729. The summed E-state index contributed by atoms with van der Waals surface area (Å²) >= 11 is 1.20. The zero-order valence-corrected chi connectivity index (χ0v) is 12.0. The van der Waals surface area contributed by atoms with Gasteiger partial charge >= 0.3 is 0 Å². The van der Waals surface area contributed by atoms with Crippen molar-refractivity contribution in [2.45, 2.75) is 12.3 Å². The van der Waals surface area contributed by atoms with Gasteiger partial charge in [0, 0.05) is 6.20 Å². The Kier molecular flexibility index (Phi) is 3.63. The Bertz CT molecular complexity index is 688. The molecule has 2 aromatic rings. The topological polar surface area (TPSA) is 33.2 Å². The minimum Gasteiger partial charge on any atom is -0.279 e. The van der Waals surface area contributed by atoms with Crippen LogP contribution in [0.15, 0.2) is 36.5 Å². The summed E-state index contributed by atoms with van der Waals surface area (Å²) in [4.78, 5) is 17.7. The number of aromatic nitrogens is 1. The largest absolute Gasteiger partial charge is 0.279 e. The maximum atomic E-state index is 14.0. The summed E-state index contributed by atoms with van der Waals surface area (Å²) in [6, 6.07) is 7.28. The van der Waals surface area contributed by atoms with Crippen LogP contribution in [-0.2, 0) is 4.79 Å². The van der Waals surface area contributed by atoms with Crippen molar-refractivity contribution in [1.82, 2.24) is 4.98 Å². The van der Waals surface area contributed by atoms with Crippen molar-refractivity contribution in [1.29, 1.82) is 0 Å². The summed E-state index contributed by atoms with van der Waals surface area (Å²) in [5.41, 5.74) is 0.688. The van der Waals surface area contributed by atoms with Crippen molar-refractivity contribution in [3.05, 3.63) is 59.3 Å². The van der Waals surface area contributed by atoms with Crippen LogP contribution in [0.1, 0.15) is 16.5 Å². The van der Waals surface area contributed by atoms with Gasteiger partial charge in [0.1, 0.15) is 22.8 Å². The summed E-state index contributed by atoms with van der Waals surface area (Å²) < 4.78 is 28.0. The molecule has 6 heteroatoms. The highest BCUT2D eigenvalue weighted by Gasteiger charge is 2.38. The molecule has 1 amide bonds. The molecule has 1 aromatic carbocycles. The summed E-state index contributed by atoms with van der Waals surface area (Å²) in [7, 11) is 0. The lowest BCUT2D eigenvalue weighted by Crippen LogP contribution is -2.30. The quantitative estimate of drug-likeness (QED) is 0.852. The molecule has 0 radical (unpaired) electrons. The second kappa shape index (κ2) is 5.44. The maximum Gasteiger partial charge on any atom is 0.239 e. The van der Waals surface area contributed by atoms with Crippen molar-refractivity contribution >= 4 is 23.5 Å². The predicted molar refractivity (Wildman–Crippen MR) is 78.0 cm³/mol. The fraction of sp³-hybridized carbons (Fsp3) is 0.200. The van der Waals surface area contributed by atoms with Crippen LogP contribution >= 0.6 is 11.8 Å². The van der Waals surface area contributed by atoms with E-state index < -0.39 is 17.0 Å². The molecule has 0 aliphatic carbocycles. The number of thioether (sulfide) groups is 1. The van der Waals surface area contributed by atoms with E-state index in [1.165, 1.54) is 34.9 Å². The molecular weight excluding hydrogens is 294 g/mol. The Morgan fingerprint density at radius 3 is 2.62 bits per heavy atom. The number of pyridine rings is 1. The molecule has 1 aliphatic heterocycles. The Labute approximate surface area is 125 Å². The van der Waals surface area contributed by atoms with Gasteiger partial charge in [0.05, 0.1) is 11.3 Å². The molecule has 3 rings (SSSR count). The lowest BCUT2D eigenvalue weighted by molar-refractivity contribution is -0.115. The Balaban J connectivity index is 2.11. The van der Waals surface area contributed by atoms with Gasteiger partial charge < -0.3 is 0 Å². The highest BCUT2D eigenvalue weighted by atomic mass is 32.2. The number of rotatable bonds is 2. The van der Waals surface area contributed by atoms with Gasteiger partial charge in [-0.25, -0.2) is 13.8 Å². The number of nitrogens with zero attached hydrogens (tertiary/aromatic N) is 2. The predicted octanol–water partition coefficient (Wildman–Crippen LogP) is 3.45. The zero-order valence-electron chi connectivity index (χ0n) is 11.2. The Morgan fingerprint density at radius 1 is 1.24 bits per heavy atom. The fourth-order valence-corrected chi connectivity index (χ4v) is 3.54. The van der Waals surface area contributed by atoms with E-state index in [0.717, 1.165) is 5.56 Å². The van der Waals surface area contributed by atoms with E-state index in [1.54, 1.807) is 12.3 Å². The molecule has 2 heterocycles. The molecule has 0 N–H and O–H groups in total. The highest BCUT2D eigenvalue weighted by molar-refractivity contribution is 8.00. The standard InChI is InChI=1S/C15H12F2N2OS/c1-9-4-3-7-18-14(9)19-12(20)8-21-15(19)13-10(16)5-2-6-11(13)17/h2-7,15H,8H2,1H3. The number of halogens is 2. The summed E-state index contributed by atoms with van der Waals surface area (Å²) in [6.45, 7) is 1.81. The van der Waals surface area contributed by atoms with E-state index in [4.69, 9.17) is 0 Å². The number of carbonyl (C=O) groups excluding carboxylic acids is 1. The third kappa shape index (κ3) is 2.40. The van der Waals surface area contributed by atoms with Gasteiger partial charge in [-0.05, 0) is 30.7 Å². The normalized spacial score (nSPS) is 18.3. The monoisotopic (exact) mass is 306 g/mol. The molecule has 1 atom stereocenters. The summed E-state index contributed by atoms with van der Waals surface area (Å²) in [5, 5.41) is -0.729. The second-order valence-corrected chi connectivity index (χ2v) is 5.77. The Morgan fingerprint density at radius 2 is 1.95 bits per heavy atom. The molecule has 3 nitrogen and oxygen atoms in total. The summed E-state index contributed by atoms with van der Waals surface area (Å²) in [5.74, 6) is -0.884. The molecule has 0 saturated carbocycles. The third-order valence-corrected chi connectivity index (χ3v) is 4.50. The van der Waals surface area contributed by atoms with E-state index >= 15 is 0 Å². The van der Waals surface area contributed by atoms with Crippen LogP contribution < -0.4 is 4.90 Å². The first-order chi connectivity index (χ1) is 10.1. The van der Waals surface area contributed by atoms with Crippen molar-refractivity contribution in [2.75, 3.05) is 10.7 Å². The molecule has 21 heavy (non-hydrogen) atoms. The molecular formula is C15H12F2N2OS. The average molecular weight is 306 g/mol. The first-order valence-electron chi connectivity index (χ1n) is 6.39. The highest BCUT2D eigenvalue weighted by Crippen LogP contribution is 2.43. The SMILES string of the molecule is Cc1cccnc1N1C(=O)CSC1c1c(F)cccc1F. The Hall–Kier alpha value is -1.95. The van der Waals surface area contributed by atoms with Crippen molar-refractivity contribution in [3.8, 4) is 0 Å². The number of carbonyl (C=O) groups is 1. The number of anilines is 1. The van der Waals surface area contributed by atoms with E-state index in [2.05, 4.69) is 4.98 Å². The van der Waals surface area contributed by atoms with E-state index in [1.807, 2.05) is 13.0 Å². The number of benzene rings is 1. The van der Waals surface area contributed by atoms with Crippen LogP contribution in [-0.4, -0.2) is 16.6 Å². The molecule has 108 valence electrons. The minimum absolute atomic E-state index is 0.0987. The smallest absolute Gasteiger partial charge is 0.239 e. The van der Waals surface area contributed by atoms with Crippen molar-refractivity contribution in [3.63, 3.8) is 0 Å².